The molecule has 0 aromatic heterocycles. The van der Waals surface area contributed by atoms with Crippen LogP contribution in [0.25, 0.3) is 0 Å². The molecule has 1 nitrogen and oxygen atoms in total. The van der Waals surface area contributed by atoms with Gasteiger partial charge in [0, 0.05) is 16.9 Å². The monoisotopic (exact) mass is 335 g/mol. The Morgan fingerprint density at radius 3 is 2.65 bits per heavy atom. The van der Waals surface area contributed by atoms with E-state index in [1.54, 1.807) is 0 Å². The van der Waals surface area contributed by atoms with E-state index in [9.17, 15) is 0 Å². The highest BCUT2D eigenvalue weighted by atomic mass is 79.9. The first-order valence-electron chi connectivity index (χ1n) is 8.20. The minimum atomic E-state index is 0.556. The van der Waals surface area contributed by atoms with E-state index in [4.69, 9.17) is 0 Å². The molecule has 110 valence electrons. The van der Waals surface area contributed by atoms with E-state index in [0.29, 0.717) is 11.3 Å². The molecule has 1 aromatic rings. The van der Waals surface area contributed by atoms with Gasteiger partial charge in [0.1, 0.15) is 0 Å². The Morgan fingerprint density at radius 2 is 1.95 bits per heavy atom. The van der Waals surface area contributed by atoms with Gasteiger partial charge in [-0.15, -0.1) is 0 Å². The average Bonchev–Trinajstić information content (AvgIpc) is 2.50. The van der Waals surface area contributed by atoms with Crippen molar-refractivity contribution in [2.24, 2.45) is 11.3 Å². The largest absolute Gasteiger partial charge is 0.316 e. The van der Waals surface area contributed by atoms with Crippen LogP contribution in [-0.2, 0) is 0 Å². The zero-order chi connectivity index (χ0) is 14.0. The maximum absolute atomic E-state index is 3.78. The number of hydrogen-bond acceptors (Lipinski definition) is 1. The quantitative estimate of drug-likeness (QED) is 0.791. The van der Waals surface area contributed by atoms with Crippen LogP contribution < -0.4 is 5.32 Å². The van der Waals surface area contributed by atoms with Crippen LogP contribution in [0, 0.1) is 11.3 Å². The molecule has 2 heteroatoms. The van der Waals surface area contributed by atoms with E-state index in [1.165, 1.54) is 55.1 Å². The lowest BCUT2D eigenvalue weighted by molar-refractivity contribution is 0.0780. The van der Waals surface area contributed by atoms with Gasteiger partial charge in [0.15, 0.2) is 0 Å². The molecule has 3 rings (SSSR count). The lowest BCUT2D eigenvalue weighted by Crippen LogP contribution is -2.45. The fraction of sp³-hybridized carbons (Fsp3) is 0.667. The molecule has 0 radical (unpaired) electrons. The summed E-state index contributed by atoms with van der Waals surface area (Å²) in [6.45, 7) is 4.72. The van der Waals surface area contributed by atoms with Crippen LogP contribution in [0.5, 0.6) is 0 Å². The Kier molecular flexibility index (Phi) is 4.52. The summed E-state index contributed by atoms with van der Waals surface area (Å²) in [4.78, 5) is 0. The summed E-state index contributed by atoms with van der Waals surface area (Å²) in [6, 6.07) is 8.86. The van der Waals surface area contributed by atoms with Crippen molar-refractivity contribution in [2.75, 3.05) is 13.1 Å². The van der Waals surface area contributed by atoms with E-state index in [2.05, 4.69) is 52.4 Å². The van der Waals surface area contributed by atoms with E-state index >= 15 is 0 Å². The van der Waals surface area contributed by atoms with Gasteiger partial charge >= 0.3 is 0 Å². The second-order valence-corrected chi connectivity index (χ2v) is 7.60. The zero-order valence-corrected chi connectivity index (χ0v) is 14.1. The van der Waals surface area contributed by atoms with Crippen molar-refractivity contribution in [2.45, 2.75) is 51.4 Å². The first-order chi connectivity index (χ1) is 9.75. The van der Waals surface area contributed by atoms with Crippen LogP contribution in [0.3, 0.4) is 0 Å². The van der Waals surface area contributed by atoms with Crippen molar-refractivity contribution >= 4 is 15.9 Å². The van der Waals surface area contributed by atoms with Gasteiger partial charge in [0.05, 0.1) is 0 Å². The predicted molar refractivity (Wildman–Crippen MR) is 89.1 cm³/mol. The molecule has 0 amide bonds. The summed E-state index contributed by atoms with van der Waals surface area (Å²) in [5.41, 5.74) is 2.08. The minimum Gasteiger partial charge on any atom is -0.316 e. The third-order valence-electron chi connectivity index (χ3n) is 5.85. The molecule has 1 unspecified atom stereocenters. The van der Waals surface area contributed by atoms with Gasteiger partial charge < -0.3 is 5.32 Å². The van der Waals surface area contributed by atoms with E-state index < -0.39 is 0 Å². The number of nitrogens with one attached hydrogen (secondary N) is 1. The average molecular weight is 336 g/mol. The molecule has 2 aliphatic rings. The van der Waals surface area contributed by atoms with Gasteiger partial charge in [-0.05, 0) is 61.6 Å². The number of piperidine rings is 1. The van der Waals surface area contributed by atoms with Gasteiger partial charge in [-0.2, -0.15) is 0 Å². The lowest BCUT2D eigenvalue weighted by atomic mass is 9.59. The van der Waals surface area contributed by atoms with Crippen LogP contribution in [0.4, 0.5) is 0 Å². The molecule has 1 heterocycles. The maximum Gasteiger partial charge on any atom is 0.0210 e. The molecule has 1 saturated heterocycles. The second-order valence-electron chi connectivity index (χ2n) is 6.74. The van der Waals surface area contributed by atoms with Crippen molar-refractivity contribution in [1.29, 1.82) is 0 Å². The molecule has 1 aliphatic carbocycles. The molecule has 1 spiro atoms. The predicted octanol–water partition coefficient (Wildman–Crippen LogP) is 5.11. The summed E-state index contributed by atoms with van der Waals surface area (Å²) in [6.07, 6.45) is 8.47. The van der Waals surface area contributed by atoms with Crippen molar-refractivity contribution in [3.05, 3.63) is 34.3 Å². The van der Waals surface area contributed by atoms with Crippen molar-refractivity contribution in [1.82, 2.24) is 5.32 Å². The Balaban J connectivity index is 1.86. The topological polar surface area (TPSA) is 12.0 Å². The first-order valence-corrected chi connectivity index (χ1v) is 8.99. The maximum atomic E-state index is 3.78. The Hall–Kier alpha value is -0.340. The smallest absolute Gasteiger partial charge is 0.0210 e. The SMILES string of the molecule is CCC1CCC2(CCNCC2c2ccccc2Br)CC1. The molecular formula is C18H26BrN. The summed E-state index contributed by atoms with van der Waals surface area (Å²) in [5.74, 6) is 1.67. The van der Waals surface area contributed by atoms with Crippen LogP contribution in [0.1, 0.15) is 56.9 Å². The Morgan fingerprint density at radius 1 is 1.20 bits per heavy atom. The van der Waals surface area contributed by atoms with Gasteiger partial charge in [-0.3, -0.25) is 0 Å². The summed E-state index contributed by atoms with van der Waals surface area (Å²) < 4.78 is 1.30. The minimum absolute atomic E-state index is 0.556. The molecule has 1 saturated carbocycles. The highest BCUT2D eigenvalue weighted by Crippen LogP contribution is 2.53. The van der Waals surface area contributed by atoms with E-state index in [1.807, 2.05) is 0 Å². The number of hydrogen-bond donors (Lipinski definition) is 1. The third kappa shape index (κ3) is 2.69. The van der Waals surface area contributed by atoms with Crippen molar-refractivity contribution < 1.29 is 0 Å². The standard InChI is InChI=1S/C18H26BrN/c1-2-14-7-9-18(10-8-14)11-12-20-13-16(18)15-5-3-4-6-17(15)19/h3-6,14,16,20H,2,7-13H2,1H3. The Bertz CT molecular complexity index is 448. The van der Waals surface area contributed by atoms with E-state index in [0.717, 1.165) is 12.5 Å². The lowest BCUT2D eigenvalue weighted by Gasteiger charge is -2.49. The first kappa shape index (κ1) is 14.6. The molecule has 1 atom stereocenters. The van der Waals surface area contributed by atoms with E-state index in [-0.39, 0.29) is 0 Å². The zero-order valence-electron chi connectivity index (χ0n) is 12.5. The number of halogens is 1. The molecule has 20 heavy (non-hydrogen) atoms. The molecule has 1 aromatic carbocycles. The normalized spacial score (nSPS) is 34.3. The van der Waals surface area contributed by atoms with Crippen LogP contribution >= 0.6 is 15.9 Å². The van der Waals surface area contributed by atoms with Gasteiger partial charge in [0.25, 0.3) is 0 Å². The van der Waals surface area contributed by atoms with Crippen LogP contribution in [0.15, 0.2) is 28.7 Å². The number of benzene rings is 1. The highest BCUT2D eigenvalue weighted by molar-refractivity contribution is 9.10. The van der Waals surface area contributed by atoms with Gasteiger partial charge in [0.2, 0.25) is 0 Å². The van der Waals surface area contributed by atoms with Gasteiger partial charge in [-0.1, -0.05) is 47.5 Å². The van der Waals surface area contributed by atoms with Crippen molar-refractivity contribution in [3.8, 4) is 0 Å². The van der Waals surface area contributed by atoms with Crippen LogP contribution in [-0.4, -0.2) is 13.1 Å². The molecule has 2 fully saturated rings. The third-order valence-corrected chi connectivity index (χ3v) is 6.57. The molecule has 1 N–H and O–H groups in total. The Labute approximate surface area is 131 Å². The summed E-state index contributed by atoms with van der Waals surface area (Å²) in [5, 5.41) is 3.64. The van der Waals surface area contributed by atoms with Crippen molar-refractivity contribution in [3.63, 3.8) is 0 Å². The van der Waals surface area contributed by atoms with Gasteiger partial charge in [-0.25, -0.2) is 0 Å². The number of rotatable bonds is 2. The summed E-state index contributed by atoms with van der Waals surface area (Å²) >= 11 is 3.78. The highest BCUT2D eigenvalue weighted by Gasteiger charge is 2.43. The second kappa shape index (κ2) is 6.19. The molecule has 0 bridgehead atoms. The van der Waals surface area contributed by atoms with Crippen LogP contribution in [0.2, 0.25) is 0 Å². The fourth-order valence-electron chi connectivity index (χ4n) is 4.43. The summed E-state index contributed by atoms with van der Waals surface area (Å²) in [7, 11) is 0. The fourth-order valence-corrected chi connectivity index (χ4v) is 4.99. The molecule has 1 aliphatic heterocycles. The molecular weight excluding hydrogens is 310 g/mol.